The fourth-order valence-electron chi connectivity index (χ4n) is 1.03. The first-order chi connectivity index (χ1) is 7.13. The quantitative estimate of drug-likeness (QED) is 0.489. The van der Waals surface area contributed by atoms with E-state index in [1.165, 1.54) is 6.08 Å². The highest BCUT2D eigenvalue weighted by Gasteiger charge is 1.98. The Bertz CT molecular complexity index is 388. The van der Waals surface area contributed by atoms with Crippen molar-refractivity contribution in [1.29, 1.82) is 0 Å². The van der Waals surface area contributed by atoms with Gasteiger partial charge in [-0.15, -0.1) is 0 Å². The Morgan fingerprint density at radius 3 is 2.93 bits per heavy atom. The van der Waals surface area contributed by atoms with E-state index in [1.807, 2.05) is 0 Å². The monoisotopic (exact) mass is 225 g/mol. The van der Waals surface area contributed by atoms with Crippen molar-refractivity contribution in [2.75, 3.05) is 12.3 Å². The second-order valence-corrected chi connectivity index (χ2v) is 3.27. The van der Waals surface area contributed by atoms with Gasteiger partial charge in [0.15, 0.2) is 0 Å². The van der Waals surface area contributed by atoms with Crippen LogP contribution in [0.3, 0.4) is 0 Å². The van der Waals surface area contributed by atoms with Gasteiger partial charge in [0.25, 0.3) is 0 Å². The topological polar surface area (TPSA) is 52.3 Å². The molecular weight excluding hydrogens is 214 g/mol. The number of halogens is 1. The summed E-state index contributed by atoms with van der Waals surface area (Å²) in [6, 6.07) is 5.09. The van der Waals surface area contributed by atoms with Gasteiger partial charge in [-0.3, -0.25) is 0 Å². The molecule has 0 aliphatic rings. The van der Waals surface area contributed by atoms with Crippen LogP contribution in [-0.4, -0.2) is 12.6 Å². The maximum atomic E-state index is 11.0. The number of nitrogens with two attached hydrogens (primary N) is 1. The van der Waals surface area contributed by atoms with Crippen molar-refractivity contribution in [1.82, 2.24) is 0 Å². The van der Waals surface area contributed by atoms with Crippen molar-refractivity contribution < 1.29 is 9.53 Å². The molecule has 4 heteroatoms. The van der Waals surface area contributed by atoms with Crippen molar-refractivity contribution >= 4 is 29.3 Å². The third-order valence-electron chi connectivity index (χ3n) is 1.71. The van der Waals surface area contributed by atoms with Gasteiger partial charge in [0.1, 0.15) is 0 Å². The summed E-state index contributed by atoms with van der Waals surface area (Å²) in [4.78, 5) is 11.0. The number of nitrogen functional groups attached to an aromatic ring is 1. The first-order valence-corrected chi connectivity index (χ1v) is 4.91. The lowest BCUT2D eigenvalue weighted by Crippen LogP contribution is -1.98. The third-order valence-corrected chi connectivity index (χ3v) is 2.04. The summed E-state index contributed by atoms with van der Waals surface area (Å²) in [6.07, 6.45) is 2.93. The van der Waals surface area contributed by atoms with Gasteiger partial charge < -0.3 is 10.5 Å². The van der Waals surface area contributed by atoms with Crippen molar-refractivity contribution in [3.8, 4) is 0 Å². The van der Waals surface area contributed by atoms with E-state index >= 15 is 0 Å². The lowest BCUT2D eigenvalue weighted by atomic mass is 10.2. The molecule has 0 aromatic heterocycles. The third kappa shape index (κ3) is 3.64. The fraction of sp³-hybridized carbons (Fsp3) is 0.182. The number of ether oxygens (including phenoxy) is 1. The van der Waals surface area contributed by atoms with Crippen LogP contribution in [0.15, 0.2) is 24.3 Å². The van der Waals surface area contributed by atoms with E-state index in [2.05, 4.69) is 0 Å². The summed E-state index contributed by atoms with van der Waals surface area (Å²) in [7, 11) is 0. The molecule has 0 unspecified atom stereocenters. The van der Waals surface area contributed by atoms with Gasteiger partial charge in [0.2, 0.25) is 0 Å². The van der Waals surface area contributed by atoms with Crippen molar-refractivity contribution in [3.63, 3.8) is 0 Å². The average molecular weight is 226 g/mol. The van der Waals surface area contributed by atoms with Gasteiger partial charge in [-0.1, -0.05) is 17.7 Å². The number of rotatable bonds is 3. The molecule has 1 aromatic rings. The highest BCUT2D eigenvalue weighted by molar-refractivity contribution is 6.32. The summed E-state index contributed by atoms with van der Waals surface area (Å²) >= 11 is 5.91. The van der Waals surface area contributed by atoms with Crippen molar-refractivity contribution in [2.45, 2.75) is 6.92 Å². The van der Waals surface area contributed by atoms with Gasteiger partial charge in [-0.2, -0.15) is 0 Å². The molecule has 80 valence electrons. The van der Waals surface area contributed by atoms with Crippen molar-refractivity contribution in [2.24, 2.45) is 0 Å². The molecule has 15 heavy (non-hydrogen) atoms. The second-order valence-electron chi connectivity index (χ2n) is 2.87. The molecule has 3 nitrogen and oxygen atoms in total. The fourth-order valence-corrected chi connectivity index (χ4v) is 1.28. The number of hydrogen-bond acceptors (Lipinski definition) is 3. The van der Waals surface area contributed by atoms with Crippen LogP contribution >= 0.6 is 11.6 Å². The number of anilines is 1. The molecule has 0 aliphatic heterocycles. The molecule has 1 rings (SSSR count). The predicted octanol–water partition coefficient (Wildman–Crippen LogP) is 2.50. The number of carbonyl (C=O) groups excluding carboxylic acids is 1. The molecule has 0 amide bonds. The van der Waals surface area contributed by atoms with E-state index in [4.69, 9.17) is 22.1 Å². The van der Waals surface area contributed by atoms with E-state index in [0.29, 0.717) is 17.3 Å². The highest BCUT2D eigenvalue weighted by Crippen LogP contribution is 2.20. The minimum absolute atomic E-state index is 0.360. The number of hydrogen-bond donors (Lipinski definition) is 1. The SMILES string of the molecule is CCOC(=O)C=Cc1ccc(N)cc1Cl. The first kappa shape index (κ1) is 11.6. The Labute approximate surface area is 93.5 Å². The Kier molecular flexibility index (Phi) is 4.18. The standard InChI is InChI=1S/C11H12ClNO2/c1-2-15-11(14)6-4-8-3-5-9(13)7-10(8)12/h3-7H,2,13H2,1H3. The number of carbonyl (C=O) groups is 1. The molecule has 0 bridgehead atoms. The lowest BCUT2D eigenvalue weighted by Gasteiger charge is -1.99. The largest absolute Gasteiger partial charge is 0.463 e. The normalized spacial score (nSPS) is 10.5. The summed E-state index contributed by atoms with van der Waals surface area (Å²) in [6.45, 7) is 2.11. The van der Waals surface area contributed by atoms with Gasteiger partial charge in [0, 0.05) is 16.8 Å². The molecule has 0 saturated carbocycles. The Morgan fingerprint density at radius 1 is 1.60 bits per heavy atom. The van der Waals surface area contributed by atoms with Crippen LogP contribution in [-0.2, 0) is 9.53 Å². The van der Waals surface area contributed by atoms with Crippen molar-refractivity contribution in [3.05, 3.63) is 34.9 Å². The van der Waals surface area contributed by atoms with Crippen LogP contribution < -0.4 is 5.73 Å². The van der Waals surface area contributed by atoms with Crippen LogP contribution in [0.4, 0.5) is 5.69 Å². The molecule has 0 atom stereocenters. The van der Waals surface area contributed by atoms with Gasteiger partial charge in [-0.25, -0.2) is 4.79 Å². The molecule has 1 aromatic carbocycles. The first-order valence-electron chi connectivity index (χ1n) is 4.53. The molecule has 0 fully saturated rings. The molecule has 0 radical (unpaired) electrons. The molecule has 0 saturated heterocycles. The minimum Gasteiger partial charge on any atom is -0.463 e. The van der Waals surface area contributed by atoms with Crippen LogP contribution in [0.2, 0.25) is 5.02 Å². The van der Waals surface area contributed by atoms with Gasteiger partial charge in [0.05, 0.1) is 6.61 Å². The van der Waals surface area contributed by atoms with E-state index < -0.39 is 0 Å². The van der Waals surface area contributed by atoms with Crippen LogP contribution in [0, 0.1) is 0 Å². The van der Waals surface area contributed by atoms with E-state index in [1.54, 1.807) is 31.2 Å². The molecular formula is C11H12ClNO2. The summed E-state index contributed by atoms with van der Waals surface area (Å²) in [5, 5.41) is 0.510. The van der Waals surface area contributed by atoms with E-state index in [9.17, 15) is 4.79 Å². The maximum Gasteiger partial charge on any atom is 0.330 e. The zero-order valence-electron chi connectivity index (χ0n) is 8.37. The van der Waals surface area contributed by atoms with E-state index in [0.717, 1.165) is 5.56 Å². The molecule has 0 heterocycles. The maximum absolute atomic E-state index is 11.0. The lowest BCUT2D eigenvalue weighted by molar-refractivity contribution is -0.137. The summed E-state index contributed by atoms with van der Waals surface area (Å²) in [5.41, 5.74) is 6.86. The Balaban J connectivity index is 2.76. The van der Waals surface area contributed by atoms with Gasteiger partial charge >= 0.3 is 5.97 Å². The number of benzene rings is 1. The van der Waals surface area contributed by atoms with E-state index in [-0.39, 0.29) is 5.97 Å². The van der Waals surface area contributed by atoms with Crippen LogP contribution in [0.25, 0.3) is 6.08 Å². The summed E-state index contributed by atoms with van der Waals surface area (Å²) in [5.74, 6) is -0.384. The molecule has 0 aliphatic carbocycles. The minimum atomic E-state index is -0.384. The zero-order chi connectivity index (χ0) is 11.3. The number of esters is 1. The summed E-state index contributed by atoms with van der Waals surface area (Å²) < 4.78 is 4.73. The second kappa shape index (κ2) is 5.41. The van der Waals surface area contributed by atoms with Crippen LogP contribution in [0.5, 0.6) is 0 Å². The highest BCUT2D eigenvalue weighted by atomic mass is 35.5. The molecule has 0 spiro atoms. The Morgan fingerprint density at radius 2 is 2.33 bits per heavy atom. The smallest absolute Gasteiger partial charge is 0.330 e. The van der Waals surface area contributed by atoms with Crippen LogP contribution in [0.1, 0.15) is 12.5 Å². The Hall–Kier alpha value is -1.48. The van der Waals surface area contributed by atoms with Gasteiger partial charge in [-0.05, 0) is 30.7 Å². The molecule has 2 N–H and O–H groups in total. The average Bonchev–Trinajstić information content (AvgIpc) is 2.17. The zero-order valence-corrected chi connectivity index (χ0v) is 9.12. The predicted molar refractivity (Wildman–Crippen MR) is 61.5 cm³/mol.